The van der Waals surface area contributed by atoms with Gasteiger partial charge in [0.15, 0.2) is 0 Å². The molecule has 140 valence electrons. The van der Waals surface area contributed by atoms with E-state index in [1.165, 1.54) is 64.2 Å². The summed E-state index contributed by atoms with van der Waals surface area (Å²) in [6.45, 7) is 16.0. The van der Waals surface area contributed by atoms with Crippen LogP contribution in [0.3, 0.4) is 0 Å². The first-order valence-electron chi connectivity index (χ1n) is 10.6. The Hall–Kier alpha value is -0.0400. The minimum atomic E-state index is 0.698. The number of hydrogen-bond donors (Lipinski definition) is 0. The van der Waals surface area contributed by atoms with Crippen LogP contribution in [-0.4, -0.2) is 13.2 Å². The Balaban J connectivity index is 3.69. The average molecular weight is 327 g/mol. The molecule has 0 spiro atoms. The third-order valence-corrected chi connectivity index (χ3v) is 5.73. The molecule has 0 radical (unpaired) electrons. The van der Waals surface area contributed by atoms with E-state index in [0.717, 1.165) is 25.0 Å². The van der Waals surface area contributed by atoms with Gasteiger partial charge < -0.3 is 4.74 Å². The van der Waals surface area contributed by atoms with E-state index in [1.807, 2.05) is 0 Å². The normalized spacial score (nSPS) is 17.0. The highest BCUT2D eigenvalue weighted by molar-refractivity contribution is 4.65. The second kappa shape index (κ2) is 15.5. The van der Waals surface area contributed by atoms with E-state index < -0.39 is 0 Å². The quantitative estimate of drug-likeness (QED) is 0.267. The molecule has 0 aliphatic carbocycles. The van der Waals surface area contributed by atoms with Crippen molar-refractivity contribution in [3.05, 3.63) is 0 Å². The average Bonchev–Trinajstić information content (AvgIpc) is 2.54. The first kappa shape index (κ1) is 23.0. The fourth-order valence-electron chi connectivity index (χ4n) is 3.12. The minimum Gasteiger partial charge on any atom is -0.381 e. The van der Waals surface area contributed by atoms with Crippen molar-refractivity contribution in [2.75, 3.05) is 13.2 Å². The van der Waals surface area contributed by atoms with Gasteiger partial charge in [0.25, 0.3) is 0 Å². The van der Waals surface area contributed by atoms with E-state index in [0.29, 0.717) is 11.8 Å². The number of ether oxygens (including phenoxy) is 1. The lowest BCUT2D eigenvalue weighted by Gasteiger charge is -2.23. The molecule has 4 atom stereocenters. The number of hydrogen-bond acceptors (Lipinski definition) is 1. The van der Waals surface area contributed by atoms with Crippen molar-refractivity contribution in [3.8, 4) is 0 Å². The Morgan fingerprint density at radius 1 is 0.522 bits per heavy atom. The Kier molecular flexibility index (Phi) is 15.5. The summed E-state index contributed by atoms with van der Waals surface area (Å²) in [6.07, 6.45) is 13.8. The fourth-order valence-corrected chi connectivity index (χ4v) is 3.12. The summed E-state index contributed by atoms with van der Waals surface area (Å²) in [5, 5.41) is 0. The predicted molar refractivity (Wildman–Crippen MR) is 105 cm³/mol. The molecule has 0 saturated heterocycles. The molecule has 0 aromatic heterocycles. The highest BCUT2D eigenvalue weighted by atomic mass is 16.5. The Labute approximate surface area is 148 Å². The summed E-state index contributed by atoms with van der Waals surface area (Å²) in [5.41, 5.74) is 0. The molecule has 0 aliphatic rings. The predicted octanol–water partition coefficient (Wildman–Crippen LogP) is 7.49. The zero-order valence-electron chi connectivity index (χ0n) is 17.2. The van der Waals surface area contributed by atoms with Gasteiger partial charge in [-0.25, -0.2) is 0 Å². The third-order valence-electron chi connectivity index (χ3n) is 5.73. The van der Waals surface area contributed by atoms with E-state index in [2.05, 4.69) is 41.5 Å². The Morgan fingerprint density at radius 2 is 0.913 bits per heavy atom. The number of rotatable bonds is 16. The SMILES string of the molecule is CCCCCCC(C)C(C)COCC(C)C(C)CCCCCC. The highest BCUT2D eigenvalue weighted by Gasteiger charge is 2.15. The zero-order valence-corrected chi connectivity index (χ0v) is 17.2. The molecular weight excluding hydrogens is 280 g/mol. The van der Waals surface area contributed by atoms with Crippen LogP contribution in [-0.2, 0) is 4.74 Å². The molecule has 0 aromatic rings. The van der Waals surface area contributed by atoms with Gasteiger partial charge in [-0.1, -0.05) is 106 Å². The van der Waals surface area contributed by atoms with Gasteiger partial charge in [0, 0.05) is 13.2 Å². The second-order valence-electron chi connectivity index (χ2n) is 8.15. The maximum absolute atomic E-state index is 6.05. The molecule has 0 aromatic carbocycles. The number of unbranched alkanes of at least 4 members (excludes halogenated alkanes) is 6. The van der Waals surface area contributed by atoms with Crippen LogP contribution in [0.2, 0.25) is 0 Å². The summed E-state index contributed by atoms with van der Waals surface area (Å²) in [5.74, 6) is 3.00. The lowest BCUT2D eigenvalue weighted by Crippen LogP contribution is -2.20. The van der Waals surface area contributed by atoms with Crippen LogP contribution in [0.4, 0.5) is 0 Å². The molecule has 0 fully saturated rings. The summed E-state index contributed by atoms with van der Waals surface area (Å²) >= 11 is 0. The Bertz CT molecular complexity index is 214. The molecule has 0 heterocycles. The van der Waals surface area contributed by atoms with Crippen LogP contribution >= 0.6 is 0 Å². The fraction of sp³-hybridized carbons (Fsp3) is 1.00. The monoisotopic (exact) mass is 326 g/mol. The van der Waals surface area contributed by atoms with Gasteiger partial charge in [-0.15, -0.1) is 0 Å². The van der Waals surface area contributed by atoms with E-state index in [4.69, 9.17) is 4.74 Å². The molecule has 1 nitrogen and oxygen atoms in total. The molecule has 1 heteroatoms. The molecule has 0 rings (SSSR count). The topological polar surface area (TPSA) is 9.23 Å². The molecular formula is C22H46O. The van der Waals surface area contributed by atoms with Crippen LogP contribution in [0.15, 0.2) is 0 Å². The van der Waals surface area contributed by atoms with Gasteiger partial charge in [0.1, 0.15) is 0 Å². The van der Waals surface area contributed by atoms with Crippen molar-refractivity contribution in [1.29, 1.82) is 0 Å². The zero-order chi connectivity index (χ0) is 17.5. The lowest BCUT2D eigenvalue weighted by atomic mass is 9.90. The molecule has 0 amide bonds. The van der Waals surface area contributed by atoms with Gasteiger partial charge in [0.05, 0.1) is 0 Å². The summed E-state index contributed by atoms with van der Waals surface area (Å²) in [4.78, 5) is 0. The minimum absolute atomic E-state index is 0.698. The van der Waals surface area contributed by atoms with Crippen LogP contribution in [0.5, 0.6) is 0 Å². The third kappa shape index (κ3) is 13.0. The highest BCUT2D eigenvalue weighted by Crippen LogP contribution is 2.22. The smallest absolute Gasteiger partial charge is 0.0494 e. The van der Waals surface area contributed by atoms with Crippen LogP contribution < -0.4 is 0 Å². The van der Waals surface area contributed by atoms with Gasteiger partial charge in [-0.2, -0.15) is 0 Å². The second-order valence-corrected chi connectivity index (χ2v) is 8.15. The first-order valence-corrected chi connectivity index (χ1v) is 10.6. The van der Waals surface area contributed by atoms with Crippen molar-refractivity contribution in [2.24, 2.45) is 23.7 Å². The van der Waals surface area contributed by atoms with E-state index in [9.17, 15) is 0 Å². The summed E-state index contributed by atoms with van der Waals surface area (Å²) in [6, 6.07) is 0. The molecule has 23 heavy (non-hydrogen) atoms. The van der Waals surface area contributed by atoms with E-state index in [-0.39, 0.29) is 0 Å². The van der Waals surface area contributed by atoms with Crippen molar-refractivity contribution in [2.45, 2.75) is 106 Å². The van der Waals surface area contributed by atoms with Gasteiger partial charge in [-0.05, 0) is 23.7 Å². The van der Waals surface area contributed by atoms with Gasteiger partial charge in [0.2, 0.25) is 0 Å². The van der Waals surface area contributed by atoms with Crippen molar-refractivity contribution < 1.29 is 4.74 Å². The maximum Gasteiger partial charge on any atom is 0.0494 e. The molecule has 0 N–H and O–H groups in total. The molecule has 4 unspecified atom stereocenters. The van der Waals surface area contributed by atoms with Crippen LogP contribution in [0, 0.1) is 23.7 Å². The standard InChI is InChI=1S/C22H46O/c1-7-9-11-13-15-19(3)21(5)17-23-18-22(6)20(4)16-14-12-10-8-2/h19-22H,7-18H2,1-6H3. The van der Waals surface area contributed by atoms with Crippen LogP contribution in [0.25, 0.3) is 0 Å². The molecule has 0 bridgehead atoms. The van der Waals surface area contributed by atoms with Crippen molar-refractivity contribution >= 4 is 0 Å². The van der Waals surface area contributed by atoms with E-state index in [1.54, 1.807) is 0 Å². The van der Waals surface area contributed by atoms with Gasteiger partial charge >= 0.3 is 0 Å². The molecule has 0 aliphatic heterocycles. The van der Waals surface area contributed by atoms with Crippen LogP contribution in [0.1, 0.15) is 106 Å². The maximum atomic E-state index is 6.05. The Morgan fingerprint density at radius 3 is 1.26 bits per heavy atom. The van der Waals surface area contributed by atoms with Crippen molar-refractivity contribution in [3.63, 3.8) is 0 Å². The van der Waals surface area contributed by atoms with Crippen molar-refractivity contribution in [1.82, 2.24) is 0 Å². The van der Waals surface area contributed by atoms with E-state index >= 15 is 0 Å². The molecule has 0 saturated carbocycles. The summed E-state index contributed by atoms with van der Waals surface area (Å²) in [7, 11) is 0. The lowest BCUT2D eigenvalue weighted by molar-refractivity contribution is 0.0497. The first-order chi connectivity index (χ1) is 11.0. The largest absolute Gasteiger partial charge is 0.381 e. The summed E-state index contributed by atoms with van der Waals surface area (Å²) < 4.78 is 6.05. The van der Waals surface area contributed by atoms with Gasteiger partial charge in [-0.3, -0.25) is 0 Å².